The lowest BCUT2D eigenvalue weighted by molar-refractivity contribution is -0.0228. The Bertz CT molecular complexity index is 1050. The molecule has 3 aromatic rings. The van der Waals surface area contributed by atoms with E-state index in [0.29, 0.717) is 5.56 Å². The largest absolute Gasteiger partial charge is 0.455 e. The van der Waals surface area contributed by atoms with Crippen molar-refractivity contribution in [2.24, 2.45) is 5.92 Å². The minimum atomic E-state index is -0.532. The highest BCUT2D eigenvalue weighted by Gasteiger charge is 2.34. The number of esters is 1. The summed E-state index contributed by atoms with van der Waals surface area (Å²) in [6.45, 7) is 6.24. The third-order valence-electron chi connectivity index (χ3n) is 6.08. The van der Waals surface area contributed by atoms with Crippen molar-refractivity contribution in [3.8, 4) is 0 Å². The summed E-state index contributed by atoms with van der Waals surface area (Å²) in [6, 6.07) is 28.9. The van der Waals surface area contributed by atoms with Crippen molar-refractivity contribution in [1.82, 2.24) is 0 Å². The van der Waals surface area contributed by atoms with E-state index in [0.717, 1.165) is 24.2 Å². The monoisotopic (exact) mass is 443 g/mol. The van der Waals surface area contributed by atoms with Gasteiger partial charge in [-0.25, -0.2) is 4.79 Å². The van der Waals surface area contributed by atoms with E-state index in [4.69, 9.17) is 4.74 Å². The summed E-state index contributed by atoms with van der Waals surface area (Å²) < 4.78 is 6.08. The van der Waals surface area contributed by atoms with Crippen LogP contribution in [0.5, 0.6) is 0 Å². The molecule has 0 aromatic heterocycles. The van der Waals surface area contributed by atoms with Gasteiger partial charge in [0, 0.05) is 12.0 Å². The smallest absolute Gasteiger partial charge is 0.338 e. The van der Waals surface area contributed by atoms with Gasteiger partial charge in [0.1, 0.15) is 5.60 Å². The van der Waals surface area contributed by atoms with Gasteiger partial charge < -0.3 is 4.74 Å². The topological polar surface area (TPSA) is 26.3 Å². The van der Waals surface area contributed by atoms with E-state index in [1.165, 1.54) is 15.4 Å². The Morgan fingerprint density at radius 2 is 1.47 bits per heavy atom. The lowest BCUT2D eigenvalue weighted by Crippen LogP contribution is -2.37. The summed E-state index contributed by atoms with van der Waals surface area (Å²) in [7, 11) is -0.291. The predicted molar refractivity (Wildman–Crippen MR) is 132 cm³/mol. The number of allylic oxidation sites excluding steroid dienone is 1. The molecule has 1 aliphatic rings. The van der Waals surface area contributed by atoms with Crippen molar-refractivity contribution in [2.45, 2.75) is 60.3 Å². The molecule has 0 saturated heterocycles. The molecule has 2 nitrogen and oxygen atoms in total. The molecule has 0 fully saturated rings. The van der Waals surface area contributed by atoms with Crippen molar-refractivity contribution in [2.75, 3.05) is 0 Å². The molecule has 0 radical (unpaired) electrons. The second-order valence-electron chi connectivity index (χ2n) is 8.96. The molecule has 0 bridgehead atoms. The van der Waals surface area contributed by atoms with Gasteiger partial charge >= 0.3 is 5.97 Å². The molecule has 1 atom stereocenters. The molecule has 1 aliphatic carbocycles. The van der Waals surface area contributed by atoms with Gasteiger partial charge in [-0.05, 0) is 76.4 Å². The first-order valence-electron chi connectivity index (χ1n) is 11.3. The Labute approximate surface area is 194 Å². The van der Waals surface area contributed by atoms with E-state index in [-0.39, 0.29) is 22.8 Å². The number of rotatable bonds is 6. The van der Waals surface area contributed by atoms with E-state index in [2.05, 4.69) is 67.6 Å². The van der Waals surface area contributed by atoms with Gasteiger partial charge in [-0.1, -0.05) is 54.1 Å². The Kier molecular flexibility index (Phi) is 6.86. The first-order chi connectivity index (χ1) is 15.4. The van der Waals surface area contributed by atoms with Gasteiger partial charge in [-0.15, -0.1) is 0 Å². The van der Waals surface area contributed by atoms with Gasteiger partial charge in [0.15, 0.2) is 14.7 Å². The zero-order chi connectivity index (χ0) is 22.6. The normalized spacial score (nSPS) is 16.5. The molecule has 4 rings (SSSR count). The highest BCUT2D eigenvalue weighted by molar-refractivity contribution is 7.97. The van der Waals surface area contributed by atoms with Crippen LogP contribution in [-0.4, -0.2) is 11.6 Å². The maximum Gasteiger partial charge on any atom is 0.338 e. The van der Waals surface area contributed by atoms with Crippen LogP contribution in [0.2, 0.25) is 0 Å². The van der Waals surface area contributed by atoms with Crippen molar-refractivity contribution >= 4 is 16.9 Å². The Balaban J connectivity index is 1.63. The molecule has 0 N–H and O–H groups in total. The lowest BCUT2D eigenvalue weighted by Gasteiger charge is -2.34. The number of hydrogen-bond donors (Lipinski definition) is 0. The summed E-state index contributed by atoms with van der Waals surface area (Å²) in [5.74, 6) is 0.00444. The number of benzene rings is 3. The number of carbonyl (C=O) groups is 1. The second-order valence-corrected chi connectivity index (χ2v) is 11.0. The van der Waals surface area contributed by atoms with E-state index >= 15 is 0 Å². The third kappa shape index (κ3) is 5.16. The first-order valence-corrected chi connectivity index (χ1v) is 12.5. The van der Waals surface area contributed by atoms with Crippen LogP contribution in [0.15, 0.2) is 111 Å². The van der Waals surface area contributed by atoms with Crippen LogP contribution in [0.25, 0.3) is 0 Å². The van der Waals surface area contributed by atoms with E-state index in [1.54, 1.807) is 0 Å². The zero-order valence-corrected chi connectivity index (χ0v) is 19.9. The zero-order valence-electron chi connectivity index (χ0n) is 19.1. The molecule has 0 saturated carbocycles. The Morgan fingerprint density at radius 1 is 0.875 bits per heavy atom. The average molecular weight is 444 g/mol. The van der Waals surface area contributed by atoms with Crippen LogP contribution in [0.4, 0.5) is 0 Å². The summed E-state index contributed by atoms with van der Waals surface area (Å²) in [4.78, 5) is 16.8. The Hall–Kier alpha value is -2.78. The van der Waals surface area contributed by atoms with E-state index < -0.39 is 5.60 Å². The summed E-state index contributed by atoms with van der Waals surface area (Å²) >= 11 is 0. The fourth-order valence-electron chi connectivity index (χ4n) is 4.30. The maximum atomic E-state index is 13.2. The van der Waals surface area contributed by atoms with Gasteiger partial charge in [-0.2, -0.15) is 0 Å². The summed E-state index contributed by atoms with van der Waals surface area (Å²) in [6.07, 6.45) is 5.64. The fraction of sp³-hybridized carbons (Fsp3) is 0.276. The van der Waals surface area contributed by atoms with Crippen LogP contribution >= 0.6 is 0 Å². The number of carbonyl (C=O) groups excluding carboxylic acids is 1. The highest BCUT2D eigenvalue weighted by atomic mass is 32.2. The lowest BCUT2D eigenvalue weighted by atomic mass is 9.81. The third-order valence-corrected chi connectivity index (χ3v) is 8.30. The molecular weight excluding hydrogens is 412 g/mol. The van der Waals surface area contributed by atoms with Gasteiger partial charge in [-0.3, -0.25) is 0 Å². The number of hydrogen-bond acceptors (Lipinski definition) is 2. The van der Waals surface area contributed by atoms with Gasteiger partial charge in [0.2, 0.25) is 0 Å². The van der Waals surface area contributed by atoms with Crippen molar-refractivity contribution in [3.05, 3.63) is 102 Å². The molecule has 164 valence electrons. The molecule has 1 unspecified atom stereocenters. The highest BCUT2D eigenvalue weighted by Crippen LogP contribution is 2.35. The molecular formula is C29H31O2S+. The SMILES string of the molecule is CC1=CC(C(C)(C)OC(=O)c2cccc([S+](c3ccccc3)c3ccccc3)c2)CCC1. The maximum absolute atomic E-state index is 13.2. The minimum absolute atomic E-state index is 0.252. The van der Waals surface area contributed by atoms with Gasteiger partial charge in [0.05, 0.1) is 16.5 Å². The van der Waals surface area contributed by atoms with Gasteiger partial charge in [0.25, 0.3) is 0 Å². The van der Waals surface area contributed by atoms with E-state index in [9.17, 15) is 4.79 Å². The van der Waals surface area contributed by atoms with Crippen LogP contribution in [0, 0.1) is 5.92 Å². The second kappa shape index (κ2) is 9.79. The molecule has 3 aromatic carbocycles. The quantitative estimate of drug-likeness (QED) is 0.224. The molecule has 0 amide bonds. The molecule has 3 heteroatoms. The summed E-state index contributed by atoms with van der Waals surface area (Å²) in [5, 5.41) is 0. The van der Waals surface area contributed by atoms with Crippen LogP contribution in [-0.2, 0) is 15.6 Å². The first kappa shape index (κ1) is 22.4. The van der Waals surface area contributed by atoms with Crippen LogP contribution in [0.3, 0.4) is 0 Å². The molecule has 0 heterocycles. The van der Waals surface area contributed by atoms with Crippen LogP contribution in [0.1, 0.15) is 50.4 Å². The standard InChI is InChI=1S/C29H31O2S/c1-22-12-10-14-24(20-22)29(2,3)31-28(30)23-13-11-19-27(21-23)32(25-15-6-4-7-16-25)26-17-8-5-9-18-26/h4-9,11,13,15-21,24H,10,12,14H2,1-3H3/q+1. The van der Waals surface area contributed by atoms with Crippen molar-refractivity contribution in [1.29, 1.82) is 0 Å². The summed E-state index contributed by atoms with van der Waals surface area (Å²) in [5.41, 5.74) is 1.47. The van der Waals surface area contributed by atoms with Crippen molar-refractivity contribution < 1.29 is 9.53 Å². The van der Waals surface area contributed by atoms with Crippen LogP contribution < -0.4 is 0 Å². The minimum Gasteiger partial charge on any atom is -0.455 e. The molecule has 0 spiro atoms. The Morgan fingerprint density at radius 3 is 2.06 bits per heavy atom. The van der Waals surface area contributed by atoms with Crippen molar-refractivity contribution in [3.63, 3.8) is 0 Å². The fourth-order valence-corrected chi connectivity index (χ4v) is 6.44. The average Bonchev–Trinajstić information content (AvgIpc) is 2.81. The molecule has 0 aliphatic heterocycles. The predicted octanol–water partition coefficient (Wildman–Crippen LogP) is 7.46. The molecule has 32 heavy (non-hydrogen) atoms. The van der Waals surface area contributed by atoms with E-state index in [1.807, 2.05) is 44.2 Å². The number of ether oxygens (including phenoxy) is 1.